The van der Waals surface area contributed by atoms with E-state index in [4.69, 9.17) is 5.11 Å². The van der Waals surface area contributed by atoms with Crippen molar-refractivity contribution in [3.63, 3.8) is 0 Å². The molecule has 0 unspecified atom stereocenters. The summed E-state index contributed by atoms with van der Waals surface area (Å²) in [4.78, 5) is 13.9. The van der Waals surface area contributed by atoms with Gasteiger partial charge in [-0.3, -0.25) is 14.6 Å². The zero-order valence-corrected chi connectivity index (χ0v) is 8.53. The summed E-state index contributed by atoms with van der Waals surface area (Å²) in [5, 5.41) is 8.59. The molecule has 0 saturated carbocycles. The Balaban J connectivity index is 2.31. The summed E-state index contributed by atoms with van der Waals surface area (Å²) >= 11 is 0. The van der Waals surface area contributed by atoms with E-state index < -0.39 is 12.4 Å². The Kier molecular flexibility index (Phi) is 4.90. The van der Waals surface area contributed by atoms with Gasteiger partial charge in [0, 0.05) is 19.6 Å². The molecule has 1 N–H and O–H groups in total. The van der Waals surface area contributed by atoms with E-state index in [1.807, 2.05) is 0 Å². The van der Waals surface area contributed by atoms with Gasteiger partial charge in [0.2, 0.25) is 0 Å². The maximum atomic E-state index is 12.1. The minimum atomic E-state index is -2.31. The van der Waals surface area contributed by atoms with E-state index in [9.17, 15) is 13.6 Å². The molecule has 0 aromatic heterocycles. The van der Waals surface area contributed by atoms with Crippen LogP contribution >= 0.6 is 0 Å². The van der Waals surface area contributed by atoms with Crippen molar-refractivity contribution in [2.75, 3.05) is 39.3 Å². The van der Waals surface area contributed by atoms with Gasteiger partial charge in [-0.2, -0.15) is 0 Å². The topological polar surface area (TPSA) is 43.8 Å². The molecule has 0 aromatic rings. The lowest BCUT2D eigenvalue weighted by Gasteiger charge is -2.20. The first-order valence-electron chi connectivity index (χ1n) is 5.02. The van der Waals surface area contributed by atoms with Crippen molar-refractivity contribution < 1.29 is 18.7 Å². The first-order valence-corrected chi connectivity index (χ1v) is 5.02. The van der Waals surface area contributed by atoms with Crippen molar-refractivity contribution in [1.82, 2.24) is 9.80 Å². The summed E-state index contributed by atoms with van der Waals surface area (Å²) in [5.74, 6) is -0.864. The molecule has 1 rings (SSSR count). The molecular weight excluding hydrogens is 206 g/mol. The third kappa shape index (κ3) is 5.03. The van der Waals surface area contributed by atoms with Gasteiger partial charge in [-0.25, -0.2) is 8.78 Å². The first-order chi connectivity index (χ1) is 7.08. The highest BCUT2D eigenvalue weighted by Crippen LogP contribution is 2.05. The van der Waals surface area contributed by atoms with Gasteiger partial charge in [0.25, 0.3) is 6.43 Å². The van der Waals surface area contributed by atoms with Crippen molar-refractivity contribution >= 4 is 5.97 Å². The second-order valence-corrected chi connectivity index (χ2v) is 3.72. The second kappa shape index (κ2) is 5.97. The van der Waals surface area contributed by atoms with Crippen molar-refractivity contribution in [1.29, 1.82) is 0 Å². The molecule has 0 spiro atoms. The number of carboxylic acid groups (broad SMARTS) is 1. The SMILES string of the molecule is O=C(O)CN1CCCN(CC(F)F)CC1. The third-order valence-electron chi connectivity index (χ3n) is 2.44. The Morgan fingerprint density at radius 1 is 1.20 bits per heavy atom. The molecule has 1 heterocycles. The van der Waals surface area contributed by atoms with Crippen LogP contribution in [0.4, 0.5) is 8.78 Å². The quantitative estimate of drug-likeness (QED) is 0.745. The van der Waals surface area contributed by atoms with Crippen molar-refractivity contribution in [2.45, 2.75) is 12.8 Å². The fraction of sp³-hybridized carbons (Fsp3) is 0.889. The van der Waals surface area contributed by atoms with Crippen LogP contribution in [0.2, 0.25) is 0 Å². The standard InChI is InChI=1S/C9H16F2N2O2/c10-8(11)6-12-2-1-3-13(5-4-12)7-9(14)15/h8H,1-7H2,(H,14,15). The number of halogens is 2. The monoisotopic (exact) mass is 222 g/mol. The smallest absolute Gasteiger partial charge is 0.317 e. The average Bonchev–Trinajstić information content (AvgIpc) is 2.29. The summed E-state index contributed by atoms with van der Waals surface area (Å²) in [6.45, 7) is 2.17. The van der Waals surface area contributed by atoms with Gasteiger partial charge in [0.15, 0.2) is 0 Å². The van der Waals surface area contributed by atoms with Gasteiger partial charge >= 0.3 is 5.97 Å². The highest BCUT2D eigenvalue weighted by Gasteiger charge is 2.18. The van der Waals surface area contributed by atoms with Crippen LogP contribution in [0.3, 0.4) is 0 Å². The summed E-state index contributed by atoms with van der Waals surface area (Å²) in [7, 11) is 0. The van der Waals surface area contributed by atoms with Gasteiger partial charge in [-0.15, -0.1) is 0 Å². The van der Waals surface area contributed by atoms with Crippen LogP contribution < -0.4 is 0 Å². The van der Waals surface area contributed by atoms with Gasteiger partial charge in [0.1, 0.15) is 0 Å². The van der Waals surface area contributed by atoms with Crippen LogP contribution in [0, 0.1) is 0 Å². The second-order valence-electron chi connectivity index (χ2n) is 3.72. The molecule has 0 bridgehead atoms. The van der Waals surface area contributed by atoms with Crippen LogP contribution in [-0.2, 0) is 4.79 Å². The summed E-state index contributed by atoms with van der Waals surface area (Å²) in [6, 6.07) is 0. The lowest BCUT2D eigenvalue weighted by atomic mass is 10.4. The molecule has 88 valence electrons. The van der Waals surface area contributed by atoms with E-state index in [0.29, 0.717) is 26.2 Å². The largest absolute Gasteiger partial charge is 0.480 e. The van der Waals surface area contributed by atoms with Crippen LogP contribution in [0.15, 0.2) is 0 Å². The average molecular weight is 222 g/mol. The zero-order chi connectivity index (χ0) is 11.3. The molecule has 1 aliphatic rings. The van der Waals surface area contributed by atoms with Crippen LogP contribution in [0.1, 0.15) is 6.42 Å². The Bertz CT molecular complexity index is 214. The first kappa shape index (κ1) is 12.3. The van der Waals surface area contributed by atoms with Gasteiger partial charge in [-0.1, -0.05) is 0 Å². The van der Waals surface area contributed by atoms with Crippen molar-refractivity contribution in [2.24, 2.45) is 0 Å². The molecular formula is C9H16F2N2O2. The minimum absolute atomic E-state index is 0.00250. The highest BCUT2D eigenvalue weighted by molar-refractivity contribution is 5.69. The van der Waals surface area contributed by atoms with Crippen molar-refractivity contribution in [3.05, 3.63) is 0 Å². The van der Waals surface area contributed by atoms with Crippen molar-refractivity contribution in [3.8, 4) is 0 Å². The van der Waals surface area contributed by atoms with Gasteiger partial charge < -0.3 is 5.11 Å². The fourth-order valence-corrected chi connectivity index (χ4v) is 1.75. The van der Waals surface area contributed by atoms with Gasteiger partial charge in [0.05, 0.1) is 13.1 Å². The van der Waals surface area contributed by atoms with Gasteiger partial charge in [-0.05, 0) is 13.0 Å². The zero-order valence-electron chi connectivity index (χ0n) is 8.53. The van der Waals surface area contributed by atoms with E-state index in [-0.39, 0.29) is 13.1 Å². The minimum Gasteiger partial charge on any atom is -0.480 e. The molecule has 15 heavy (non-hydrogen) atoms. The maximum Gasteiger partial charge on any atom is 0.317 e. The molecule has 1 fully saturated rings. The normalized spacial score (nSPS) is 20.5. The molecule has 0 amide bonds. The number of aliphatic carboxylic acids is 1. The van der Waals surface area contributed by atoms with Crippen LogP contribution in [0.5, 0.6) is 0 Å². The Morgan fingerprint density at radius 2 is 1.80 bits per heavy atom. The number of hydrogen-bond donors (Lipinski definition) is 1. The molecule has 1 aliphatic heterocycles. The number of carbonyl (C=O) groups is 1. The molecule has 0 aliphatic carbocycles. The summed E-state index contributed by atoms with van der Waals surface area (Å²) < 4.78 is 24.2. The van der Waals surface area contributed by atoms with Crippen LogP contribution in [-0.4, -0.2) is 66.6 Å². The molecule has 0 radical (unpaired) electrons. The molecule has 0 atom stereocenters. The number of rotatable bonds is 4. The summed E-state index contributed by atoms with van der Waals surface area (Å²) in [5.41, 5.74) is 0. The van der Waals surface area contributed by atoms with E-state index in [1.165, 1.54) is 0 Å². The summed E-state index contributed by atoms with van der Waals surface area (Å²) in [6.07, 6.45) is -1.56. The predicted molar refractivity (Wildman–Crippen MR) is 51.1 cm³/mol. The Labute approximate surface area is 87.5 Å². The maximum absolute atomic E-state index is 12.1. The number of carboxylic acids is 1. The lowest BCUT2D eigenvalue weighted by molar-refractivity contribution is -0.138. The Hall–Kier alpha value is -0.750. The highest BCUT2D eigenvalue weighted by atomic mass is 19.3. The number of nitrogens with zero attached hydrogens (tertiary/aromatic N) is 2. The van der Waals surface area contributed by atoms with E-state index in [0.717, 1.165) is 6.42 Å². The number of hydrogen-bond acceptors (Lipinski definition) is 3. The van der Waals surface area contributed by atoms with E-state index in [1.54, 1.807) is 9.80 Å². The molecule has 4 nitrogen and oxygen atoms in total. The molecule has 1 saturated heterocycles. The van der Waals surface area contributed by atoms with E-state index in [2.05, 4.69) is 0 Å². The molecule has 0 aromatic carbocycles. The number of alkyl halides is 2. The Morgan fingerprint density at radius 3 is 2.40 bits per heavy atom. The predicted octanol–water partition coefficient (Wildman–Crippen LogP) is 0.344. The molecule has 6 heteroatoms. The third-order valence-corrected chi connectivity index (χ3v) is 2.44. The lowest BCUT2D eigenvalue weighted by Crippen LogP contribution is -2.35. The fourth-order valence-electron chi connectivity index (χ4n) is 1.75. The van der Waals surface area contributed by atoms with Crippen LogP contribution in [0.25, 0.3) is 0 Å². The van der Waals surface area contributed by atoms with E-state index >= 15 is 0 Å².